The summed E-state index contributed by atoms with van der Waals surface area (Å²) in [5.41, 5.74) is 2.83. The Kier molecular flexibility index (Phi) is 3.61. The molecule has 0 radical (unpaired) electrons. The lowest BCUT2D eigenvalue weighted by Gasteiger charge is -2.46. The molecular weight excluding hydrogens is 220 g/mol. The minimum absolute atomic E-state index is 0.0733. The normalized spacial score (nSPS) is 22.6. The van der Waals surface area contributed by atoms with E-state index in [2.05, 4.69) is 56.0 Å². The van der Waals surface area contributed by atoms with Gasteiger partial charge in [-0.25, -0.2) is 0 Å². The van der Waals surface area contributed by atoms with E-state index in [1.807, 2.05) is 0 Å². The van der Waals surface area contributed by atoms with Crippen LogP contribution >= 0.6 is 0 Å². The monoisotopic (exact) mass is 242 g/mol. The first-order chi connectivity index (χ1) is 8.58. The van der Waals surface area contributed by atoms with E-state index < -0.39 is 0 Å². The van der Waals surface area contributed by atoms with E-state index in [1.165, 1.54) is 11.3 Å². The zero-order valence-corrected chi connectivity index (χ0v) is 11.6. The van der Waals surface area contributed by atoms with Crippen LogP contribution in [0.4, 0.5) is 5.69 Å². The lowest BCUT2D eigenvalue weighted by Crippen LogP contribution is -2.50. The molecule has 1 atom stereocenters. The van der Waals surface area contributed by atoms with E-state index in [0.717, 1.165) is 25.8 Å². The predicted octanol–water partition coefficient (Wildman–Crippen LogP) is 3.77. The number of rotatable bonds is 2. The Bertz CT molecular complexity index is 456. The van der Waals surface area contributed by atoms with Crippen molar-refractivity contribution in [1.82, 2.24) is 0 Å². The van der Waals surface area contributed by atoms with Gasteiger partial charge in [0, 0.05) is 17.8 Å². The Hall–Kier alpha value is -1.49. The van der Waals surface area contributed by atoms with Gasteiger partial charge in [0.25, 0.3) is 0 Å². The second kappa shape index (κ2) is 5.02. The zero-order valence-electron chi connectivity index (χ0n) is 11.6. The molecular formula is C16H22N2. The number of hydrogen-bond donors (Lipinski definition) is 0. The molecule has 1 aromatic rings. The molecule has 1 aromatic carbocycles. The maximum absolute atomic E-state index is 9.11. The van der Waals surface area contributed by atoms with Crippen LogP contribution in [0.2, 0.25) is 0 Å². The fourth-order valence-corrected chi connectivity index (χ4v) is 3.03. The smallest absolute Gasteiger partial charge is 0.0657 e. The molecule has 1 unspecified atom stereocenters. The van der Waals surface area contributed by atoms with Crippen LogP contribution in [0.3, 0.4) is 0 Å². The molecule has 2 nitrogen and oxygen atoms in total. The standard InChI is InChI=1S/C16H22N2/c1-4-14-7-5-6-8-15(14)18-10-9-13(12-17)11-16(18,2)3/h5-8,13H,4,9-11H2,1-3H3. The first kappa shape index (κ1) is 13.0. The maximum atomic E-state index is 9.11. The third kappa shape index (κ3) is 2.36. The number of piperidine rings is 1. The van der Waals surface area contributed by atoms with Crippen molar-refractivity contribution in [1.29, 1.82) is 5.26 Å². The summed E-state index contributed by atoms with van der Waals surface area (Å²) in [6, 6.07) is 11.1. The summed E-state index contributed by atoms with van der Waals surface area (Å²) in [5, 5.41) is 9.11. The minimum atomic E-state index is 0.0733. The second-order valence-electron chi connectivity index (χ2n) is 5.77. The Balaban J connectivity index is 2.31. The molecule has 0 bridgehead atoms. The van der Waals surface area contributed by atoms with Crippen LogP contribution in [-0.4, -0.2) is 12.1 Å². The largest absolute Gasteiger partial charge is 0.366 e. The molecule has 0 spiro atoms. The summed E-state index contributed by atoms with van der Waals surface area (Å²) in [6.45, 7) is 7.70. The number of nitriles is 1. The van der Waals surface area contributed by atoms with Gasteiger partial charge in [-0.1, -0.05) is 25.1 Å². The van der Waals surface area contributed by atoms with Crippen LogP contribution < -0.4 is 4.90 Å². The zero-order chi connectivity index (χ0) is 13.2. The predicted molar refractivity (Wildman–Crippen MR) is 75.6 cm³/mol. The molecule has 1 heterocycles. The number of hydrogen-bond acceptors (Lipinski definition) is 2. The van der Waals surface area contributed by atoms with E-state index in [0.29, 0.717) is 0 Å². The molecule has 1 aliphatic rings. The van der Waals surface area contributed by atoms with Gasteiger partial charge in [-0.3, -0.25) is 0 Å². The third-order valence-corrected chi connectivity index (χ3v) is 4.02. The van der Waals surface area contributed by atoms with Crippen LogP contribution in [0.5, 0.6) is 0 Å². The van der Waals surface area contributed by atoms with Crippen molar-refractivity contribution in [2.45, 2.75) is 45.6 Å². The molecule has 2 rings (SSSR count). The lowest BCUT2D eigenvalue weighted by atomic mass is 9.82. The highest BCUT2D eigenvalue weighted by Gasteiger charge is 2.35. The van der Waals surface area contributed by atoms with Gasteiger partial charge in [-0.2, -0.15) is 5.26 Å². The number of aryl methyl sites for hydroxylation is 1. The highest BCUT2D eigenvalue weighted by Crippen LogP contribution is 2.36. The molecule has 0 N–H and O–H groups in total. The van der Waals surface area contributed by atoms with Gasteiger partial charge in [-0.05, 0) is 44.7 Å². The van der Waals surface area contributed by atoms with Gasteiger partial charge in [0.15, 0.2) is 0 Å². The highest BCUT2D eigenvalue weighted by molar-refractivity contribution is 5.56. The fraction of sp³-hybridized carbons (Fsp3) is 0.562. The van der Waals surface area contributed by atoms with E-state index in [-0.39, 0.29) is 11.5 Å². The van der Waals surface area contributed by atoms with Crippen LogP contribution in [-0.2, 0) is 6.42 Å². The van der Waals surface area contributed by atoms with Gasteiger partial charge in [0.05, 0.1) is 12.0 Å². The molecule has 0 aromatic heterocycles. The molecule has 0 saturated carbocycles. The number of para-hydroxylation sites is 1. The average Bonchev–Trinajstić information content (AvgIpc) is 2.37. The molecule has 1 fully saturated rings. The Labute approximate surface area is 110 Å². The summed E-state index contributed by atoms with van der Waals surface area (Å²) in [5.74, 6) is 0.213. The molecule has 2 heteroatoms. The second-order valence-corrected chi connectivity index (χ2v) is 5.77. The molecule has 96 valence electrons. The summed E-state index contributed by atoms with van der Waals surface area (Å²) in [6.07, 6.45) is 3.00. The topological polar surface area (TPSA) is 27.0 Å². The average molecular weight is 242 g/mol. The van der Waals surface area contributed by atoms with Crippen LogP contribution in [0.1, 0.15) is 39.2 Å². The van der Waals surface area contributed by atoms with Crippen LogP contribution in [0.25, 0.3) is 0 Å². The van der Waals surface area contributed by atoms with E-state index in [4.69, 9.17) is 5.26 Å². The van der Waals surface area contributed by atoms with Crippen molar-refractivity contribution < 1.29 is 0 Å². The molecule has 0 amide bonds. The SMILES string of the molecule is CCc1ccccc1N1CCC(C#N)CC1(C)C. The van der Waals surface area contributed by atoms with E-state index in [9.17, 15) is 0 Å². The number of nitrogens with zero attached hydrogens (tertiary/aromatic N) is 2. The van der Waals surface area contributed by atoms with Crippen molar-refractivity contribution in [3.8, 4) is 6.07 Å². The van der Waals surface area contributed by atoms with Crippen LogP contribution in [0, 0.1) is 17.2 Å². The molecule has 0 aliphatic carbocycles. The van der Waals surface area contributed by atoms with Crippen molar-refractivity contribution >= 4 is 5.69 Å². The molecule has 18 heavy (non-hydrogen) atoms. The van der Waals surface area contributed by atoms with Gasteiger partial charge < -0.3 is 4.90 Å². The van der Waals surface area contributed by atoms with Crippen molar-refractivity contribution in [3.63, 3.8) is 0 Å². The van der Waals surface area contributed by atoms with E-state index >= 15 is 0 Å². The first-order valence-corrected chi connectivity index (χ1v) is 6.83. The van der Waals surface area contributed by atoms with Crippen molar-refractivity contribution in [2.24, 2.45) is 5.92 Å². The van der Waals surface area contributed by atoms with Gasteiger partial charge in [0.2, 0.25) is 0 Å². The lowest BCUT2D eigenvalue weighted by molar-refractivity contribution is 0.315. The minimum Gasteiger partial charge on any atom is -0.366 e. The van der Waals surface area contributed by atoms with Gasteiger partial charge in [0.1, 0.15) is 0 Å². The van der Waals surface area contributed by atoms with Crippen LogP contribution in [0.15, 0.2) is 24.3 Å². The Morgan fingerprint density at radius 2 is 2.11 bits per heavy atom. The Morgan fingerprint density at radius 1 is 1.39 bits per heavy atom. The molecule has 1 aliphatic heterocycles. The summed E-state index contributed by atoms with van der Waals surface area (Å²) in [7, 11) is 0. The van der Waals surface area contributed by atoms with Gasteiger partial charge >= 0.3 is 0 Å². The van der Waals surface area contributed by atoms with Gasteiger partial charge in [-0.15, -0.1) is 0 Å². The molecule has 1 saturated heterocycles. The third-order valence-electron chi connectivity index (χ3n) is 4.02. The summed E-state index contributed by atoms with van der Waals surface area (Å²) in [4.78, 5) is 2.49. The Morgan fingerprint density at radius 3 is 2.72 bits per heavy atom. The number of anilines is 1. The highest BCUT2D eigenvalue weighted by atomic mass is 15.2. The quantitative estimate of drug-likeness (QED) is 0.789. The maximum Gasteiger partial charge on any atom is 0.0657 e. The van der Waals surface area contributed by atoms with E-state index in [1.54, 1.807) is 0 Å². The van der Waals surface area contributed by atoms with Crippen molar-refractivity contribution in [2.75, 3.05) is 11.4 Å². The first-order valence-electron chi connectivity index (χ1n) is 6.83. The number of benzene rings is 1. The summed E-state index contributed by atoms with van der Waals surface area (Å²) < 4.78 is 0. The van der Waals surface area contributed by atoms with Crippen molar-refractivity contribution in [3.05, 3.63) is 29.8 Å². The fourth-order valence-electron chi connectivity index (χ4n) is 3.03. The summed E-state index contributed by atoms with van der Waals surface area (Å²) >= 11 is 0.